The van der Waals surface area contributed by atoms with Gasteiger partial charge in [-0.15, -0.1) is 0 Å². The summed E-state index contributed by atoms with van der Waals surface area (Å²) in [6, 6.07) is 0.340. The SMILES string of the molecule is CN1CCCC(NC(=O)C2CCC(CO)CC2)C1. The van der Waals surface area contributed by atoms with Gasteiger partial charge in [-0.1, -0.05) is 0 Å². The van der Waals surface area contributed by atoms with E-state index in [4.69, 9.17) is 5.11 Å². The van der Waals surface area contributed by atoms with Crippen LogP contribution in [0.2, 0.25) is 0 Å². The van der Waals surface area contributed by atoms with Crippen molar-refractivity contribution in [3.8, 4) is 0 Å². The fraction of sp³-hybridized carbons (Fsp3) is 0.929. The van der Waals surface area contributed by atoms with Crippen LogP contribution in [0.4, 0.5) is 0 Å². The Balaban J connectivity index is 1.74. The largest absolute Gasteiger partial charge is 0.396 e. The lowest BCUT2D eigenvalue weighted by atomic mass is 9.82. The predicted molar refractivity (Wildman–Crippen MR) is 71.2 cm³/mol. The molecule has 1 unspecified atom stereocenters. The van der Waals surface area contributed by atoms with Crippen molar-refractivity contribution in [1.82, 2.24) is 10.2 Å². The number of aliphatic hydroxyl groups is 1. The van der Waals surface area contributed by atoms with Gasteiger partial charge in [-0.2, -0.15) is 0 Å². The Bertz CT molecular complexity index is 275. The van der Waals surface area contributed by atoms with Crippen molar-refractivity contribution in [2.45, 2.75) is 44.6 Å². The normalized spacial score (nSPS) is 34.2. The number of rotatable bonds is 3. The van der Waals surface area contributed by atoms with Crippen LogP contribution in [0.15, 0.2) is 0 Å². The second-order valence-corrected chi connectivity index (χ2v) is 6.01. The van der Waals surface area contributed by atoms with Crippen LogP contribution in [-0.4, -0.2) is 48.7 Å². The van der Waals surface area contributed by atoms with Crippen molar-refractivity contribution in [3.63, 3.8) is 0 Å². The number of likely N-dealkylation sites (N-methyl/N-ethyl adjacent to an activating group) is 1. The molecule has 1 aliphatic heterocycles. The number of carbonyl (C=O) groups excluding carboxylic acids is 1. The molecule has 4 nitrogen and oxygen atoms in total. The van der Waals surface area contributed by atoms with Gasteiger partial charge in [-0.25, -0.2) is 0 Å². The van der Waals surface area contributed by atoms with Crippen LogP contribution in [0, 0.1) is 11.8 Å². The Labute approximate surface area is 110 Å². The summed E-state index contributed by atoms with van der Waals surface area (Å²) in [6.07, 6.45) is 6.18. The second kappa shape index (κ2) is 6.53. The Morgan fingerprint density at radius 2 is 2.00 bits per heavy atom. The van der Waals surface area contributed by atoms with Gasteiger partial charge in [0.1, 0.15) is 0 Å². The summed E-state index contributed by atoms with van der Waals surface area (Å²) in [5, 5.41) is 12.3. The highest BCUT2D eigenvalue weighted by molar-refractivity contribution is 5.79. The van der Waals surface area contributed by atoms with E-state index in [0.717, 1.165) is 45.2 Å². The topological polar surface area (TPSA) is 52.6 Å². The molecule has 0 bridgehead atoms. The first-order valence-electron chi connectivity index (χ1n) is 7.29. The number of amides is 1. The third-order valence-corrected chi connectivity index (χ3v) is 4.45. The standard InChI is InChI=1S/C14H26N2O2/c1-16-8-2-3-13(9-16)15-14(18)12-6-4-11(10-17)5-7-12/h11-13,17H,2-10H2,1H3,(H,15,18). The summed E-state index contributed by atoms with van der Waals surface area (Å²) in [7, 11) is 2.12. The molecule has 1 saturated heterocycles. The molecule has 2 rings (SSSR count). The third-order valence-electron chi connectivity index (χ3n) is 4.45. The Morgan fingerprint density at radius 3 is 2.61 bits per heavy atom. The number of piperidine rings is 1. The van der Waals surface area contributed by atoms with E-state index in [-0.39, 0.29) is 18.4 Å². The first-order valence-corrected chi connectivity index (χ1v) is 7.29. The molecule has 2 fully saturated rings. The first kappa shape index (κ1) is 13.8. The molecule has 1 amide bonds. The number of carbonyl (C=O) groups is 1. The van der Waals surface area contributed by atoms with Gasteiger partial charge in [-0.05, 0) is 58.0 Å². The Kier molecular flexibility index (Phi) is 5.01. The van der Waals surface area contributed by atoms with Gasteiger partial charge < -0.3 is 15.3 Å². The number of nitrogens with zero attached hydrogens (tertiary/aromatic N) is 1. The Morgan fingerprint density at radius 1 is 1.28 bits per heavy atom. The van der Waals surface area contributed by atoms with E-state index in [9.17, 15) is 4.79 Å². The molecule has 1 saturated carbocycles. The number of hydrogen-bond donors (Lipinski definition) is 2. The summed E-state index contributed by atoms with van der Waals surface area (Å²) < 4.78 is 0. The van der Waals surface area contributed by atoms with Crippen molar-refractivity contribution in [2.24, 2.45) is 11.8 Å². The number of nitrogens with one attached hydrogen (secondary N) is 1. The lowest BCUT2D eigenvalue weighted by Crippen LogP contribution is -2.48. The number of hydrogen-bond acceptors (Lipinski definition) is 3. The van der Waals surface area contributed by atoms with E-state index in [2.05, 4.69) is 17.3 Å². The molecule has 1 heterocycles. The molecular formula is C14H26N2O2. The van der Waals surface area contributed by atoms with Gasteiger partial charge in [0.2, 0.25) is 5.91 Å². The summed E-state index contributed by atoms with van der Waals surface area (Å²) in [5.41, 5.74) is 0. The molecule has 18 heavy (non-hydrogen) atoms. The highest BCUT2D eigenvalue weighted by Gasteiger charge is 2.28. The second-order valence-electron chi connectivity index (χ2n) is 6.01. The van der Waals surface area contributed by atoms with Gasteiger partial charge >= 0.3 is 0 Å². The molecule has 0 spiro atoms. The molecule has 104 valence electrons. The molecule has 1 atom stereocenters. The average molecular weight is 254 g/mol. The molecule has 4 heteroatoms. The average Bonchev–Trinajstić information content (AvgIpc) is 2.39. The van der Waals surface area contributed by atoms with Crippen LogP contribution in [-0.2, 0) is 4.79 Å². The fourth-order valence-corrected chi connectivity index (χ4v) is 3.21. The zero-order chi connectivity index (χ0) is 13.0. The van der Waals surface area contributed by atoms with Crippen molar-refractivity contribution in [2.75, 3.05) is 26.7 Å². The van der Waals surface area contributed by atoms with E-state index >= 15 is 0 Å². The van der Waals surface area contributed by atoms with E-state index < -0.39 is 0 Å². The summed E-state index contributed by atoms with van der Waals surface area (Å²) in [5.74, 6) is 0.849. The molecule has 0 radical (unpaired) electrons. The van der Waals surface area contributed by atoms with E-state index in [0.29, 0.717) is 12.0 Å². The predicted octanol–water partition coefficient (Wildman–Crippen LogP) is 0.995. The zero-order valence-electron chi connectivity index (χ0n) is 11.4. The minimum atomic E-state index is 0.181. The monoisotopic (exact) mass is 254 g/mol. The van der Waals surface area contributed by atoms with Crippen LogP contribution in [0.3, 0.4) is 0 Å². The van der Waals surface area contributed by atoms with Gasteiger partial charge in [-0.3, -0.25) is 4.79 Å². The quantitative estimate of drug-likeness (QED) is 0.790. The van der Waals surface area contributed by atoms with Crippen molar-refractivity contribution >= 4 is 5.91 Å². The molecular weight excluding hydrogens is 228 g/mol. The van der Waals surface area contributed by atoms with Crippen molar-refractivity contribution < 1.29 is 9.90 Å². The fourth-order valence-electron chi connectivity index (χ4n) is 3.21. The van der Waals surface area contributed by atoms with Gasteiger partial charge in [0, 0.05) is 25.1 Å². The summed E-state index contributed by atoms with van der Waals surface area (Å²) >= 11 is 0. The van der Waals surface area contributed by atoms with E-state index in [1.54, 1.807) is 0 Å². The van der Waals surface area contributed by atoms with Crippen LogP contribution in [0.1, 0.15) is 38.5 Å². The minimum absolute atomic E-state index is 0.181. The minimum Gasteiger partial charge on any atom is -0.396 e. The first-order chi connectivity index (χ1) is 8.69. The summed E-state index contributed by atoms with van der Waals surface area (Å²) in [4.78, 5) is 14.5. The lowest BCUT2D eigenvalue weighted by molar-refractivity contribution is -0.127. The van der Waals surface area contributed by atoms with Crippen LogP contribution in [0.5, 0.6) is 0 Å². The molecule has 0 aromatic heterocycles. The van der Waals surface area contributed by atoms with E-state index in [1.807, 2.05) is 0 Å². The highest BCUT2D eigenvalue weighted by Crippen LogP contribution is 2.28. The smallest absolute Gasteiger partial charge is 0.223 e. The summed E-state index contributed by atoms with van der Waals surface area (Å²) in [6.45, 7) is 2.41. The molecule has 2 aliphatic rings. The molecule has 0 aromatic rings. The number of aliphatic hydroxyl groups excluding tert-OH is 1. The third kappa shape index (κ3) is 3.69. The van der Waals surface area contributed by atoms with Crippen LogP contribution in [0.25, 0.3) is 0 Å². The maximum absolute atomic E-state index is 12.2. The van der Waals surface area contributed by atoms with Gasteiger partial charge in [0.05, 0.1) is 0 Å². The highest BCUT2D eigenvalue weighted by atomic mass is 16.3. The molecule has 0 aromatic carbocycles. The Hall–Kier alpha value is -0.610. The zero-order valence-corrected chi connectivity index (χ0v) is 11.4. The maximum Gasteiger partial charge on any atom is 0.223 e. The lowest BCUT2D eigenvalue weighted by Gasteiger charge is -2.32. The van der Waals surface area contributed by atoms with Crippen LogP contribution < -0.4 is 5.32 Å². The van der Waals surface area contributed by atoms with E-state index in [1.165, 1.54) is 6.42 Å². The maximum atomic E-state index is 12.2. The molecule has 1 aliphatic carbocycles. The van der Waals surface area contributed by atoms with Crippen molar-refractivity contribution in [1.29, 1.82) is 0 Å². The van der Waals surface area contributed by atoms with Crippen molar-refractivity contribution in [3.05, 3.63) is 0 Å². The van der Waals surface area contributed by atoms with Crippen LogP contribution >= 0.6 is 0 Å². The number of likely N-dealkylation sites (tertiary alicyclic amines) is 1. The van der Waals surface area contributed by atoms with Gasteiger partial charge in [0.25, 0.3) is 0 Å². The molecule has 2 N–H and O–H groups in total. The van der Waals surface area contributed by atoms with Gasteiger partial charge in [0.15, 0.2) is 0 Å².